The van der Waals surface area contributed by atoms with Crippen LogP contribution in [-0.2, 0) is 14.8 Å². The molecule has 2 fully saturated rings. The summed E-state index contributed by atoms with van der Waals surface area (Å²) in [5.74, 6) is 2.53. The summed E-state index contributed by atoms with van der Waals surface area (Å²) in [6, 6.07) is 0.0776. The van der Waals surface area contributed by atoms with Crippen LogP contribution in [0.15, 0.2) is 10.2 Å². The molecular weight excluding hydrogens is 328 g/mol. The fourth-order valence-corrected chi connectivity index (χ4v) is 4.99. The topological polar surface area (TPSA) is 91.2 Å². The molecule has 0 bridgehead atoms. The molecule has 0 aromatic heterocycles. The highest BCUT2D eigenvalue weighted by molar-refractivity contribution is 7.90. The minimum Gasteiger partial charge on any atom is -0.340 e. The maximum Gasteiger partial charge on any atom is 0.222 e. The molecule has 0 unspecified atom stereocenters. The maximum absolute atomic E-state index is 12.3. The number of terminal acetylenes is 1. The van der Waals surface area contributed by atoms with E-state index in [4.69, 9.17) is 6.42 Å². The number of hydrogen-bond acceptors (Lipinski definition) is 5. The van der Waals surface area contributed by atoms with Crippen molar-refractivity contribution in [1.29, 1.82) is 0 Å². The normalized spacial score (nSPS) is 23.0. The molecule has 3 rings (SSSR count). The summed E-state index contributed by atoms with van der Waals surface area (Å²) in [7, 11) is -3.32. The molecule has 132 valence electrons. The summed E-state index contributed by atoms with van der Waals surface area (Å²) in [5, 5.41) is 7.54. The summed E-state index contributed by atoms with van der Waals surface area (Å²) >= 11 is 0. The average molecular weight is 352 g/mol. The zero-order valence-electron chi connectivity index (χ0n) is 13.8. The van der Waals surface area contributed by atoms with Crippen LogP contribution >= 0.6 is 0 Å². The van der Waals surface area contributed by atoms with Crippen LogP contribution in [0.2, 0.25) is 0 Å². The first-order valence-corrected chi connectivity index (χ1v) is 10.2. The van der Waals surface area contributed by atoms with Gasteiger partial charge in [0.05, 0.1) is 0 Å². The second kappa shape index (κ2) is 6.81. The van der Waals surface area contributed by atoms with E-state index in [1.54, 1.807) is 4.90 Å². The van der Waals surface area contributed by atoms with Crippen LogP contribution in [0, 0.1) is 12.3 Å². The maximum atomic E-state index is 12.3. The van der Waals surface area contributed by atoms with E-state index in [0.717, 1.165) is 25.7 Å². The first-order valence-electron chi connectivity index (χ1n) is 8.61. The largest absolute Gasteiger partial charge is 0.340 e. The van der Waals surface area contributed by atoms with E-state index in [1.165, 1.54) is 0 Å². The number of amides is 1. The second-order valence-electron chi connectivity index (χ2n) is 6.95. The van der Waals surface area contributed by atoms with E-state index in [9.17, 15) is 13.2 Å². The number of likely N-dealkylation sites (tertiary alicyclic amines) is 1. The first-order chi connectivity index (χ1) is 11.4. The third-order valence-electron chi connectivity index (χ3n) is 5.12. The fraction of sp³-hybridized carbons (Fsp3) is 0.812. The third kappa shape index (κ3) is 3.95. The molecule has 1 N–H and O–H groups in total. The predicted octanol–water partition coefficient (Wildman–Crippen LogP) is 1.41. The van der Waals surface area contributed by atoms with Crippen LogP contribution in [0.25, 0.3) is 0 Å². The minimum atomic E-state index is -3.32. The Kier molecular flexibility index (Phi) is 4.92. The van der Waals surface area contributed by atoms with Crippen molar-refractivity contribution in [2.45, 2.75) is 68.3 Å². The van der Waals surface area contributed by atoms with E-state index in [1.807, 2.05) is 0 Å². The number of carbonyl (C=O) groups excluding carboxylic acids is 1. The van der Waals surface area contributed by atoms with Crippen molar-refractivity contribution in [3.63, 3.8) is 0 Å². The lowest BCUT2D eigenvalue weighted by Crippen LogP contribution is -2.60. The Balaban J connectivity index is 1.39. The smallest absolute Gasteiger partial charge is 0.222 e. The molecule has 1 saturated carbocycles. The number of rotatable bonds is 8. The molecule has 1 aliphatic carbocycles. The summed E-state index contributed by atoms with van der Waals surface area (Å²) in [6.45, 7) is 0.569. The molecule has 1 saturated heterocycles. The number of hydrogen-bond donors (Lipinski definition) is 1. The van der Waals surface area contributed by atoms with Gasteiger partial charge in [0.15, 0.2) is 5.66 Å². The van der Waals surface area contributed by atoms with Crippen LogP contribution < -0.4 is 4.72 Å². The highest BCUT2D eigenvalue weighted by Gasteiger charge is 2.43. The number of nitrogens with one attached hydrogen (secondary N) is 1. The molecule has 7 nitrogen and oxygen atoms in total. The zero-order valence-corrected chi connectivity index (χ0v) is 14.6. The van der Waals surface area contributed by atoms with Gasteiger partial charge in [-0.15, -0.1) is 12.3 Å². The van der Waals surface area contributed by atoms with Gasteiger partial charge in [0, 0.05) is 44.8 Å². The van der Waals surface area contributed by atoms with Crippen LogP contribution in [0.4, 0.5) is 0 Å². The van der Waals surface area contributed by atoms with Gasteiger partial charge in [0.2, 0.25) is 15.9 Å². The lowest BCUT2D eigenvalue weighted by atomic mass is 10.0. The van der Waals surface area contributed by atoms with Crippen LogP contribution in [0.1, 0.15) is 51.4 Å². The second-order valence-corrected chi connectivity index (χ2v) is 8.94. The lowest BCUT2D eigenvalue weighted by molar-refractivity contribution is -0.134. The summed E-state index contributed by atoms with van der Waals surface area (Å²) in [6.07, 6.45) is 11.4. The Morgan fingerprint density at radius 1 is 1.25 bits per heavy atom. The Hall–Kier alpha value is -1.46. The lowest BCUT2D eigenvalue weighted by Gasteiger charge is -2.39. The molecule has 24 heavy (non-hydrogen) atoms. The van der Waals surface area contributed by atoms with Crippen molar-refractivity contribution < 1.29 is 13.2 Å². The van der Waals surface area contributed by atoms with E-state index in [-0.39, 0.29) is 25.0 Å². The van der Waals surface area contributed by atoms with Gasteiger partial charge in [-0.25, -0.2) is 13.1 Å². The highest BCUT2D eigenvalue weighted by Crippen LogP contribution is 2.38. The summed E-state index contributed by atoms with van der Waals surface area (Å²) in [5.41, 5.74) is -0.456. The van der Waals surface area contributed by atoms with Gasteiger partial charge < -0.3 is 4.90 Å². The molecule has 2 heterocycles. The van der Waals surface area contributed by atoms with Crippen LogP contribution in [-0.4, -0.2) is 49.3 Å². The van der Waals surface area contributed by atoms with E-state index < -0.39 is 20.9 Å². The first kappa shape index (κ1) is 17.4. The van der Waals surface area contributed by atoms with Crippen molar-refractivity contribution in [1.82, 2.24) is 9.62 Å². The monoisotopic (exact) mass is 352 g/mol. The molecule has 0 aromatic rings. The Morgan fingerprint density at radius 3 is 2.50 bits per heavy atom. The Labute approximate surface area is 143 Å². The van der Waals surface area contributed by atoms with Gasteiger partial charge in [-0.2, -0.15) is 10.2 Å². The van der Waals surface area contributed by atoms with Crippen molar-refractivity contribution in [3.8, 4) is 12.3 Å². The molecule has 0 spiro atoms. The molecule has 0 radical (unpaired) electrons. The average Bonchev–Trinajstić information content (AvgIpc) is 3.08. The molecule has 2 aliphatic heterocycles. The van der Waals surface area contributed by atoms with Crippen LogP contribution in [0.5, 0.6) is 0 Å². The van der Waals surface area contributed by atoms with Gasteiger partial charge in [-0.3, -0.25) is 4.79 Å². The van der Waals surface area contributed by atoms with Crippen molar-refractivity contribution in [2.24, 2.45) is 10.2 Å². The number of carbonyl (C=O) groups is 1. The van der Waals surface area contributed by atoms with E-state index in [0.29, 0.717) is 25.7 Å². The van der Waals surface area contributed by atoms with Crippen molar-refractivity contribution in [2.75, 3.05) is 13.1 Å². The molecule has 0 atom stereocenters. The van der Waals surface area contributed by atoms with Gasteiger partial charge in [0.25, 0.3) is 0 Å². The molecule has 8 heteroatoms. The standard InChI is InChI=1S/C16H24N4O3S/c1-2-3-9-16(18-19-16)10-8-15(21)20-11-14(12-20)24(22,23)17-13-6-4-5-7-13/h1,13-14,17H,3-12H2. The van der Waals surface area contributed by atoms with Gasteiger partial charge >= 0.3 is 0 Å². The highest BCUT2D eigenvalue weighted by atomic mass is 32.2. The minimum absolute atomic E-state index is 0.0281. The zero-order chi connectivity index (χ0) is 17.2. The fourth-order valence-electron chi connectivity index (χ4n) is 3.34. The quantitative estimate of drug-likeness (QED) is 0.670. The van der Waals surface area contributed by atoms with Crippen molar-refractivity contribution >= 4 is 15.9 Å². The molecular formula is C16H24N4O3S. The molecule has 0 aromatic carbocycles. The number of nitrogens with zero attached hydrogens (tertiary/aromatic N) is 3. The van der Waals surface area contributed by atoms with E-state index in [2.05, 4.69) is 20.9 Å². The van der Waals surface area contributed by atoms with Gasteiger partial charge in [-0.1, -0.05) is 12.8 Å². The SMILES string of the molecule is C#CCCC1(CCC(=O)N2CC(S(=O)(=O)NC3CCCC3)C2)N=N1. The molecule has 3 aliphatic rings. The summed E-state index contributed by atoms with van der Waals surface area (Å²) < 4.78 is 27.4. The number of sulfonamides is 1. The van der Waals surface area contributed by atoms with E-state index >= 15 is 0 Å². The van der Waals surface area contributed by atoms with Gasteiger partial charge in [-0.05, 0) is 12.8 Å². The predicted molar refractivity (Wildman–Crippen MR) is 89.6 cm³/mol. The Morgan fingerprint density at radius 2 is 1.92 bits per heavy atom. The summed E-state index contributed by atoms with van der Waals surface area (Å²) in [4.78, 5) is 13.8. The Bertz CT molecular complexity index is 649. The van der Waals surface area contributed by atoms with Crippen molar-refractivity contribution in [3.05, 3.63) is 0 Å². The van der Waals surface area contributed by atoms with Gasteiger partial charge in [0.1, 0.15) is 5.25 Å². The molecule has 1 amide bonds. The van der Waals surface area contributed by atoms with Crippen LogP contribution in [0.3, 0.4) is 0 Å². The third-order valence-corrected chi connectivity index (χ3v) is 6.96.